The maximum atomic E-state index is 13.3. The van der Waals surface area contributed by atoms with Crippen molar-refractivity contribution < 1.29 is 35.9 Å². The van der Waals surface area contributed by atoms with Gasteiger partial charge in [-0.15, -0.1) is 0 Å². The fourth-order valence-electron chi connectivity index (χ4n) is 3.63. The van der Waals surface area contributed by atoms with Crippen LogP contribution in [-0.4, -0.2) is 62.3 Å². The molecule has 0 saturated carbocycles. The van der Waals surface area contributed by atoms with Crippen LogP contribution < -0.4 is 10.1 Å². The standard InChI is InChI=1S/C22H24F6N6O2/c1-4-34(20(35)32-17(22(26,27)28)5-7-21(23,24)25)13(2)15-11-14(6-8-29-15)16-12-33-10-9-30-18(33)19(31-16)36-3/h6,8-13,17H,4-5,7H2,1-3H3,(H,32,35). The first-order chi connectivity index (χ1) is 16.8. The van der Waals surface area contributed by atoms with E-state index in [9.17, 15) is 31.1 Å². The highest BCUT2D eigenvalue weighted by molar-refractivity contribution is 5.75. The summed E-state index contributed by atoms with van der Waals surface area (Å²) in [6.07, 6.45) is -6.39. The van der Waals surface area contributed by atoms with E-state index in [1.54, 1.807) is 47.4 Å². The predicted octanol–water partition coefficient (Wildman–Crippen LogP) is 5.17. The number of ether oxygens (including phenoxy) is 1. The van der Waals surface area contributed by atoms with Gasteiger partial charge in [0.05, 0.1) is 24.5 Å². The number of amides is 2. The van der Waals surface area contributed by atoms with Gasteiger partial charge in [0.1, 0.15) is 6.04 Å². The molecule has 14 heteroatoms. The number of halogens is 6. The number of fused-ring (bicyclic) bond motifs is 1. The number of hydrogen-bond acceptors (Lipinski definition) is 5. The monoisotopic (exact) mass is 518 g/mol. The molecule has 8 nitrogen and oxygen atoms in total. The van der Waals surface area contributed by atoms with Crippen molar-refractivity contribution in [3.05, 3.63) is 42.6 Å². The van der Waals surface area contributed by atoms with Gasteiger partial charge in [-0.05, 0) is 32.4 Å². The average Bonchev–Trinajstić information content (AvgIpc) is 3.29. The quantitative estimate of drug-likeness (QED) is 0.416. The lowest BCUT2D eigenvalue weighted by molar-refractivity contribution is -0.171. The Kier molecular flexibility index (Phi) is 7.94. The first kappa shape index (κ1) is 27.0. The second kappa shape index (κ2) is 10.6. The number of methoxy groups -OCH3 is 1. The van der Waals surface area contributed by atoms with Crippen molar-refractivity contribution in [3.8, 4) is 17.1 Å². The summed E-state index contributed by atoms with van der Waals surface area (Å²) < 4.78 is 84.4. The van der Waals surface area contributed by atoms with Crippen LogP contribution in [0.25, 0.3) is 16.9 Å². The van der Waals surface area contributed by atoms with Crippen LogP contribution in [0.5, 0.6) is 5.88 Å². The maximum Gasteiger partial charge on any atom is 0.408 e. The zero-order valence-electron chi connectivity index (χ0n) is 19.6. The Morgan fingerprint density at radius 1 is 1.19 bits per heavy atom. The number of rotatable bonds is 8. The maximum absolute atomic E-state index is 13.3. The lowest BCUT2D eigenvalue weighted by atomic mass is 10.1. The highest BCUT2D eigenvalue weighted by Crippen LogP contribution is 2.30. The topological polar surface area (TPSA) is 84.7 Å². The molecule has 0 aliphatic rings. The molecular formula is C22H24F6N6O2. The Balaban J connectivity index is 1.84. The molecule has 0 saturated heterocycles. The molecule has 0 fully saturated rings. The second-order valence-corrected chi connectivity index (χ2v) is 7.92. The smallest absolute Gasteiger partial charge is 0.408 e. The molecule has 2 unspecified atom stereocenters. The van der Waals surface area contributed by atoms with Gasteiger partial charge in [-0.2, -0.15) is 26.3 Å². The van der Waals surface area contributed by atoms with Gasteiger partial charge in [0.25, 0.3) is 5.88 Å². The number of carbonyl (C=O) groups is 1. The fraction of sp³-hybridized carbons (Fsp3) is 0.455. The summed E-state index contributed by atoms with van der Waals surface area (Å²) in [4.78, 5) is 26.6. The number of aromatic nitrogens is 4. The lowest BCUT2D eigenvalue weighted by Gasteiger charge is -2.31. The van der Waals surface area contributed by atoms with Crippen LogP contribution in [0, 0.1) is 0 Å². The largest absolute Gasteiger partial charge is 0.478 e. The van der Waals surface area contributed by atoms with E-state index >= 15 is 0 Å². The fourth-order valence-corrected chi connectivity index (χ4v) is 3.63. The molecule has 0 spiro atoms. The van der Waals surface area contributed by atoms with Crippen molar-refractivity contribution in [1.29, 1.82) is 0 Å². The summed E-state index contributed by atoms with van der Waals surface area (Å²) in [6, 6.07) is -1.32. The van der Waals surface area contributed by atoms with Crippen molar-refractivity contribution in [2.75, 3.05) is 13.7 Å². The third kappa shape index (κ3) is 6.34. The van der Waals surface area contributed by atoms with Crippen LogP contribution >= 0.6 is 0 Å². The normalized spacial score (nSPS) is 13.9. The third-order valence-electron chi connectivity index (χ3n) is 5.52. The Bertz CT molecular complexity index is 1200. The van der Waals surface area contributed by atoms with Crippen LogP contribution in [-0.2, 0) is 0 Å². The van der Waals surface area contributed by atoms with Gasteiger partial charge < -0.3 is 19.4 Å². The molecule has 0 aliphatic heterocycles. The van der Waals surface area contributed by atoms with Gasteiger partial charge in [0.2, 0.25) is 0 Å². The van der Waals surface area contributed by atoms with E-state index in [-0.39, 0.29) is 12.4 Å². The third-order valence-corrected chi connectivity index (χ3v) is 5.52. The molecule has 0 bridgehead atoms. The summed E-state index contributed by atoms with van der Waals surface area (Å²) in [5, 5.41) is 1.70. The Hall–Kier alpha value is -3.58. The van der Waals surface area contributed by atoms with Crippen LogP contribution in [0.4, 0.5) is 31.1 Å². The van der Waals surface area contributed by atoms with E-state index in [0.717, 1.165) is 4.90 Å². The molecule has 0 aromatic carbocycles. The van der Waals surface area contributed by atoms with Crippen LogP contribution in [0.15, 0.2) is 36.9 Å². The molecule has 3 aromatic heterocycles. The van der Waals surface area contributed by atoms with E-state index in [1.807, 2.05) is 0 Å². The molecule has 196 valence electrons. The van der Waals surface area contributed by atoms with E-state index in [4.69, 9.17) is 4.74 Å². The van der Waals surface area contributed by atoms with E-state index < -0.39 is 43.3 Å². The van der Waals surface area contributed by atoms with E-state index in [1.165, 1.54) is 20.2 Å². The second-order valence-electron chi connectivity index (χ2n) is 7.92. The van der Waals surface area contributed by atoms with Gasteiger partial charge in [0.15, 0.2) is 5.65 Å². The molecule has 1 N–H and O–H groups in total. The van der Waals surface area contributed by atoms with Crippen molar-refractivity contribution >= 4 is 11.7 Å². The molecule has 2 amide bonds. The molecule has 3 aromatic rings. The summed E-state index contributed by atoms with van der Waals surface area (Å²) in [7, 11) is 1.45. The number of nitrogens with zero attached hydrogens (tertiary/aromatic N) is 5. The number of urea groups is 1. The molecular weight excluding hydrogens is 494 g/mol. The molecule has 3 heterocycles. The zero-order valence-corrected chi connectivity index (χ0v) is 19.6. The van der Waals surface area contributed by atoms with E-state index in [0.29, 0.717) is 22.6 Å². The minimum Gasteiger partial charge on any atom is -0.478 e. The van der Waals surface area contributed by atoms with E-state index in [2.05, 4.69) is 15.0 Å². The summed E-state index contributed by atoms with van der Waals surface area (Å²) >= 11 is 0. The number of nitrogens with one attached hydrogen (secondary N) is 1. The molecule has 2 atom stereocenters. The number of imidazole rings is 1. The van der Waals surface area contributed by atoms with Crippen molar-refractivity contribution in [1.82, 2.24) is 29.6 Å². The number of carbonyl (C=O) groups excluding carboxylic acids is 1. The molecule has 3 rings (SSSR count). The van der Waals surface area contributed by atoms with Gasteiger partial charge in [-0.25, -0.2) is 14.8 Å². The minimum absolute atomic E-state index is 0.0180. The average molecular weight is 518 g/mol. The van der Waals surface area contributed by atoms with Crippen molar-refractivity contribution in [2.24, 2.45) is 0 Å². The number of alkyl halides is 6. The van der Waals surface area contributed by atoms with Crippen molar-refractivity contribution in [2.45, 2.75) is 51.1 Å². The Morgan fingerprint density at radius 2 is 1.92 bits per heavy atom. The van der Waals surface area contributed by atoms with Gasteiger partial charge in [0, 0.05) is 43.3 Å². The van der Waals surface area contributed by atoms with Gasteiger partial charge in [-0.1, -0.05) is 0 Å². The molecule has 36 heavy (non-hydrogen) atoms. The molecule has 0 aliphatic carbocycles. The van der Waals surface area contributed by atoms with Crippen LogP contribution in [0.1, 0.15) is 38.4 Å². The lowest BCUT2D eigenvalue weighted by Crippen LogP contribution is -2.51. The minimum atomic E-state index is -5.04. The summed E-state index contributed by atoms with van der Waals surface area (Å²) in [5.74, 6) is 0.274. The van der Waals surface area contributed by atoms with Gasteiger partial charge in [-0.3, -0.25) is 4.98 Å². The van der Waals surface area contributed by atoms with Crippen LogP contribution in [0.3, 0.4) is 0 Å². The number of hydrogen-bond donors (Lipinski definition) is 1. The Morgan fingerprint density at radius 3 is 2.53 bits per heavy atom. The summed E-state index contributed by atoms with van der Waals surface area (Å²) in [6.45, 7) is 3.08. The van der Waals surface area contributed by atoms with Crippen molar-refractivity contribution in [3.63, 3.8) is 0 Å². The van der Waals surface area contributed by atoms with Crippen LogP contribution in [0.2, 0.25) is 0 Å². The first-order valence-electron chi connectivity index (χ1n) is 10.9. The highest BCUT2D eigenvalue weighted by Gasteiger charge is 2.43. The molecule has 0 radical (unpaired) electrons. The van der Waals surface area contributed by atoms with Gasteiger partial charge >= 0.3 is 18.4 Å². The highest BCUT2D eigenvalue weighted by atomic mass is 19.4. The Labute approximate surface area is 202 Å². The number of pyridine rings is 1. The zero-order chi connectivity index (χ0) is 26.7. The predicted molar refractivity (Wildman–Crippen MR) is 117 cm³/mol. The SMILES string of the molecule is CCN(C(=O)NC(CCC(F)(F)F)C(F)(F)F)C(C)c1cc(-c2cn3ccnc3c(OC)n2)ccn1. The first-order valence-corrected chi connectivity index (χ1v) is 10.9. The summed E-state index contributed by atoms with van der Waals surface area (Å²) in [5.41, 5.74) is 1.93.